The highest BCUT2D eigenvalue weighted by Gasteiger charge is 2.39. The van der Waals surface area contributed by atoms with E-state index in [1.54, 1.807) is 18.2 Å². The van der Waals surface area contributed by atoms with Gasteiger partial charge in [-0.2, -0.15) is 18.4 Å². The molecule has 13 heteroatoms. The van der Waals surface area contributed by atoms with Gasteiger partial charge in [0.15, 0.2) is 5.69 Å². The van der Waals surface area contributed by atoms with Crippen LogP contribution in [0.5, 0.6) is 0 Å². The van der Waals surface area contributed by atoms with Gasteiger partial charge in [0, 0.05) is 37.4 Å². The topological polar surface area (TPSA) is 139 Å². The van der Waals surface area contributed by atoms with Gasteiger partial charge in [0.05, 0.1) is 24.2 Å². The van der Waals surface area contributed by atoms with Crippen molar-refractivity contribution in [2.75, 3.05) is 43.5 Å². The molecule has 190 valence electrons. The number of piperazine rings is 1. The smallest absolute Gasteiger partial charge is 0.434 e. The van der Waals surface area contributed by atoms with Crippen molar-refractivity contribution in [1.29, 1.82) is 5.26 Å². The van der Waals surface area contributed by atoms with Crippen LogP contribution in [0, 0.1) is 11.3 Å². The first-order chi connectivity index (χ1) is 17.0. The van der Waals surface area contributed by atoms with Crippen molar-refractivity contribution in [1.82, 2.24) is 9.88 Å². The molecule has 0 saturated carbocycles. The van der Waals surface area contributed by atoms with E-state index in [0.29, 0.717) is 5.69 Å². The van der Waals surface area contributed by atoms with Gasteiger partial charge in [-0.15, -0.1) is 0 Å². The summed E-state index contributed by atoms with van der Waals surface area (Å²) in [5.74, 6) is -2.93. The number of carboxylic acid groups (broad SMARTS) is 1. The van der Waals surface area contributed by atoms with Crippen LogP contribution in [0.25, 0.3) is 0 Å². The second kappa shape index (κ2) is 10.5. The molecule has 0 aliphatic carbocycles. The molecule has 0 unspecified atom stereocenters. The molecule has 0 spiro atoms. The number of halogens is 3. The zero-order chi connectivity index (χ0) is 26.6. The molecule has 2 aromatic rings. The minimum Gasteiger partial charge on any atom is -0.545 e. The van der Waals surface area contributed by atoms with Crippen LogP contribution < -0.4 is 15.3 Å². The van der Waals surface area contributed by atoms with Gasteiger partial charge in [-0.25, -0.2) is 14.6 Å². The number of nitriles is 1. The molecule has 10 nitrogen and oxygen atoms in total. The fourth-order valence-electron chi connectivity index (χ4n) is 3.91. The van der Waals surface area contributed by atoms with E-state index in [1.807, 2.05) is 0 Å². The Labute approximate surface area is 203 Å². The number of alkyl halides is 3. The number of amides is 2. The molecule has 2 heterocycles. The minimum atomic E-state index is -5.08. The van der Waals surface area contributed by atoms with Crippen LogP contribution in [-0.4, -0.2) is 61.1 Å². The van der Waals surface area contributed by atoms with Crippen molar-refractivity contribution in [3.8, 4) is 6.07 Å². The normalized spacial score (nSPS) is 13.7. The SMILES string of the molecule is CCc1c(C#N)c(N2CCN(C(=O)Nc3cccc(C(=O)OC)c3)CC2)nc(C(F)(F)F)c1C(=O)[O-]. The number of ether oxygens (including phenoxy) is 1. The molecule has 3 rings (SSSR count). The maximum absolute atomic E-state index is 13.6. The number of hydrogen-bond acceptors (Lipinski definition) is 8. The van der Waals surface area contributed by atoms with Crippen molar-refractivity contribution in [2.45, 2.75) is 19.5 Å². The van der Waals surface area contributed by atoms with Gasteiger partial charge in [-0.05, 0) is 30.2 Å². The molecule has 0 bridgehead atoms. The fraction of sp³-hybridized carbons (Fsp3) is 0.348. The Balaban J connectivity index is 1.82. The summed E-state index contributed by atoms with van der Waals surface area (Å²) in [7, 11) is 1.23. The van der Waals surface area contributed by atoms with E-state index in [9.17, 15) is 37.9 Å². The average Bonchev–Trinajstić information content (AvgIpc) is 2.86. The van der Waals surface area contributed by atoms with Crippen LogP contribution in [0.2, 0.25) is 0 Å². The summed E-state index contributed by atoms with van der Waals surface area (Å²) in [6.45, 7) is 1.69. The van der Waals surface area contributed by atoms with Crippen molar-refractivity contribution in [2.24, 2.45) is 0 Å². The number of aromatic carboxylic acids is 1. The van der Waals surface area contributed by atoms with Crippen LogP contribution in [0.3, 0.4) is 0 Å². The van der Waals surface area contributed by atoms with Gasteiger partial charge in [-0.1, -0.05) is 13.0 Å². The first kappa shape index (κ1) is 26.3. The third kappa shape index (κ3) is 5.32. The monoisotopic (exact) mass is 504 g/mol. The minimum absolute atomic E-state index is 0.0441. The maximum atomic E-state index is 13.6. The second-order valence-electron chi connectivity index (χ2n) is 7.74. The van der Waals surface area contributed by atoms with Gasteiger partial charge in [0.2, 0.25) is 0 Å². The van der Waals surface area contributed by atoms with E-state index in [4.69, 9.17) is 0 Å². The van der Waals surface area contributed by atoms with Crippen molar-refractivity contribution >= 4 is 29.5 Å². The fourth-order valence-corrected chi connectivity index (χ4v) is 3.91. The summed E-state index contributed by atoms with van der Waals surface area (Å²) in [6, 6.07) is 7.38. The predicted molar refractivity (Wildman–Crippen MR) is 118 cm³/mol. The molecule has 1 N–H and O–H groups in total. The Bertz CT molecular complexity index is 1230. The second-order valence-corrected chi connectivity index (χ2v) is 7.74. The highest BCUT2D eigenvalue weighted by atomic mass is 19.4. The van der Waals surface area contributed by atoms with Gasteiger partial charge >= 0.3 is 18.2 Å². The number of rotatable bonds is 5. The number of carbonyl (C=O) groups is 3. The average molecular weight is 504 g/mol. The van der Waals surface area contributed by atoms with E-state index in [-0.39, 0.29) is 55.1 Å². The van der Waals surface area contributed by atoms with Crippen LogP contribution in [0.15, 0.2) is 24.3 Å². The maximum Gasteiger partial charge on any atom is 0.434 e. The lowest BCUT2D eigenvalue weighted by molar-refractivity contribution is -0.256. The third-order valence-corrected chi connectivity index (χ3v) is 5.62. The number of hydrogen-bond donors (Lipinski definition) is 1. The molecule has 1 fully saturated rings. The Morgan fingerprint density at radius 1 is 1.22 bits per heavy atom. The lowest BCUT2D eigenvalue weighted by Gasteiger charge is -2.36. The zero-order valence-corrected chi connectivity index (χ0v) is 19.3. The first-order valence-electron chi connectivity index (χ1n) is 10.8. The van der Waals surface area contributed by atoms with Gasteiger partial charge in [0.1, 0.15) is 11.9 Å². The molecule has 1 aliphatic heterocycles. The van der Waals surface area contributed by atoms with Crippen LogP contribution in [-0.2, 0) is 17.3 Å². The largest absolute Gasteiger partial charge is 0.545 e. The number of benzene rings is 1. The molecule has 2 amide bonds. The molecule has 1 aliphatic rings. The number of aromatic nitrogens is 1. The number of urea groups is 1. The number of pyridine rings is 1. The molecular weight excluding hydrogens is 483 g/mol. The van der Waals surface area contributed by atoms with Crippen LogP contribution in [0.1, 0.15) is 44.5 Å². The molecule has 36 heavy (non-hydrogen) atoms. The quantitative estimate of drug-likeness (QED) is 0.611. The molecular formula is C23H21F3N5O5-. The van der Waals surface area contributed by atoms with E-state index in [1.165, 1.54) is 36.0 Å². The highest BCUT2D eigenvalue weighted by Crippen LogP contribution is 2.36. The number of carbonyl (C=O) groups excluding carboxylic acids is 3. The lowest BCUT2D eigenvalue weighted by atomic mass is 9.97. The van der Waals surface area contributed by atoms with Crippen LogP contribution in [0.4, 0.5) is 29.5 Å². The van der Waals surface area contributed by atoms with E-state index < -0.39 is 35.4 Å². The number of esters is 1. The zero-order valence-electron chi connectivity index (χ0n) is 19.3. The van der Waals surface area contributed by atoms with Gasteiger partial charge < -0.3 is 29.8 Å². The Morgan fingerprint density at radius 3 is 2.42 bits per heavy atom. The van der Waals surface area contributed by atoms with Crippen LogP contribution >= 0.6 is 0 Å². The van der Waals surface area contributed by atoms with E-state index >= 15 is 0 Å². The van der Waals surface area contributed by atoms with E-state index in [0.717, 1.165) is 0 Å². The molecule has 1 saturated heterocycles. The van der Waals surface area contributed by atoms with Gasteiger partial charge in [0.25, 0.3) is 0 Å². The van der Waals surface area contributed by atoms with E-state index in [2.05, 4.69) is 15.0 Å². The van der Waals surface area contributed by atoms with Crippen molar-refractivity contribution in [3.63, 3.8) is 0 Å². The predicted octanol–water partition coefficient (Wildman–Crippen LogP) is 2.04. The van der Waals surface area contributed by atoms with Crippen molar-refractivity contribution in [3.05, 3.63) is 52.2 Å². The summed E-state index contributed by atoms with van der Waals surface area (Å²) in [5, 5.41) is 23.8. The number of nitrogens with zero attached hydrogens (tertiary/aromatic N) is 4. The third-order valence-electron chi connectivity index (χ3n) is 5.62. The standard InChI is InChI=1S/C23H22F3N5O5/c1-3-15-16(12-27)19(29-18(23(24,25)26)17(15)20(32)33)30-7-9-31(10-8-30)22(35)28-14-6-4-5-13(11-14)21(34)36-2/h4-6,11H,3,7-10H2,1-2H3,(H,28,35)(H,32,33)/p-1. The summed E-state index contributed by atoms with van der Waals surface area (Å²) in [6.07, 6.45) is -5.24. The Kier molecular flexibility index (Phi) is 7.67. The number of methoxy groups -OCH3 is 1. The Morgan fingerprint density at radius 2 is 1.89 bits per heavy atom. The number of anilines is 2. The molecule has 0 atom stereocenters. The molecule has 1 aromatic carbocycles. The highest BCUT2D eigenvalue weighted by molar-refractivity contribution is 5.94. The Hall–Kier alpha value is -4.34. The summed E-state index contributed by atoms with van der Waals surface area (Å²) in [5.41, 5.74) is -2.76. The van der Waals surface area contributed by atoms with Crippen molar-refractivity contribution < 1.29 is 37.4 Å². The lowest BCUT2D eigenvalue weighted by Crippen LogP contribution is -2.50. The molecule has 0 radical (unpaired) electrons. The summed E-state index contributed by atoms with van der Waals surface area (Å²) >= 11 is 0. The van der Waals surface area contributed by atoms with Gasteiger partial charge in [-0.3, -0.25) is 0 Å². The first-order valence-corrected chi connectivity index (χ1v) is 10.8. The molecule has 1 aromatic heterocycles. The summed E-state index contributed by atoms with van der Waals surface area (Å²) in [4.78, 5) is 42.2. The number of carboxylic acids is 1. The number of nitrogens with one attached hydrogen (secondary N) is 1. The summed E-state index contributed by atoms with van der Waals surface area (Å²) < 4.78 is 45.6.